The van der Waals surface area contributed by atoms with E-state index >= 15 is 0 Å². The number of anilines is 1. The number of ether oxygens (including phenoxy) is 1. The lowest BCUT2D eigenvalue weighted by atomic mass is 9.84. The maximum absolute atomic E-state index is 12.7. The number of tetrazole rings is 1. The van der Waals surface area contributed by atoms with Crippen molar-refractivity contribution >= 4 is 17.6 Å². The summed E-state index contributed by atoms with van der Waals surface area (Å²) in [6, 6.07) is 5.06. The van der Waals surface area contributed by atoms with Crippen molar-refractivity contribution < 1.29 is 19.4 Å². The van der Waals surface area contributed by atoms with Crippen LogP contribution in [-0.2, 0) is 9.59 Å². The molecule has 0 spiro atoms. The highest BCUT2D eigenvalue weighted by atomic mass is 16.5. The molecule has 0 unspecified atom stereocenters. The predicted molar refractivity (Wildman–Crippen MR) is 94.8 cm³/mol. The number of hydrogen-bond acceptors (Lipinski definition) is 6. The van der Waals surface area contributed by atoms with E-state index in [0.29, 0.717) is 23.0 Å². The van der Waals surface area contributed by atoms with Crippen LogP contribution in [0.4, 0.5) is 5.69 Å². The zero-order chi connectivity index (χ0) is 19.0. The molecule has 0 bridgehead atoms. The number of carbonyl (C=O) groups excluding carboxylic acids is 1. The summed E-state index contributed by atoms with van der Waals surface area (Å²) in [5, 5.41) is 24.2. The number of rotatable bonds is 6. The Morgan fingerprint density at radius 3 is 2.67 bits per heavy atom. The van der Waals surface area contributed by atoms with Gasteiger partial charge < -0.3 is 15.2 Å². The van der Waals surface area contributed by atoms with Crippen LogP contribution in [0.5, 0.6) is 5.75 Å². The van der Waals surface area contributed by atoms with Crippen molar-refractivity contribution in [3.8, 4) is 11.4 Å². The minimum Gasteiger partial charge on any atom is -0.494 e. The van der Waals surface area contributed by atoms with Gasteiger partial charge in [0.1, 0.15) is 11.4 Å². The first kappa shape index (κ1) is 17.2. The van der Waals surface area contributed by atoms with Crippen LogP contribution in [0.15, 0.2) is 30.4 Å². The van der Waals surface area contributed by atoms with Crippen molar-refractivity contribution in [3.63, 3.8) is 0 Å². The molecule has 4 rings (SSSR count). The quantitative estimate of drug-likeness (QED) is 0.589. The Balaban J connectivity index is 1.65. The Hall–Kier alpha value is -3.23. The highest BCUT2D eigenvalue weighted by Crippen LogP contribution is 2.40. The van der Waals surface area contributed by atoms with Crippen molar-refractivity contribution in [1.82, 2.24) is 20.2 Å². The molecule has 9 nitrogen and oxygen atoms in total. The molecule has 2 aliphatic carbocycles. The normalized spacial score (nSPS) is 17.7. The fourth-order valence-corrected chi connectivity index (χ4v) is 3.26. The average molecular weight is 369 g/mol. The van der Waals surface area contributed by atoms with E-state index in [1.165, 1.54) is 0 Å². The van der Waals surface area contributed by atoms with E-state index < -0.39 is 17.3 Å². The molecule has 9 heteroatoms. The van der Waals surface area contributed by atoms with E-state index in [1.807, 2.05) is 0 Å². The fourth-order valence-electron chi connectivity index (χ4n) is 3.26. The van der Waals surface area contributed by atoms with Gasteiger partial charge in [0, 0.05) is 11.6 Å². The lowest BCUT2D eigenvalue weighted by Crippen LogP contribution is -2.41. The van der Waals surface area contributed by atoms with Gasteiger partial charge >= 0.3 is 5.97 Å². The molecule has 1 aromatic heterocycles. The van der Waals surface area contributed by atoms with E-state index in [4.69, 9.17) is 4.74 Å². The van der Waals surface area contributed by atoms with Crippen LogP contribution in [0.3, 0.4) is 0 Å². The van der Waals surface area contributed by atoms with Crippen molar-refractivity contribution in [2.24, 2.45) is 5.41 Å². The second-order valence-corrected chi connectivity index (χ2v) is 6.83. The Kier molecular flexibility index (Phi) is 4.14. The Morgan fingerprint density at radius 2 is 2.04 bits per heavy atom. The van der Waals surface area contributed by atoms with Gasteiger partial charge in [0.05, 0.1) is 7.11 Å². The summed E-state index contributed by atoms with van der Waals surface area (Å²) < 4.78 is 7.02. The number of methoxy groups -OCH3 is 1. The molecular formula is C18H19N5O4. The van der Waals surface area contributed by atoms with Crippen molar-refractivity contribution in [1.29, 1.82) is 0 Å². The molecule has 0 aliphatic heterocycles. The monoisotopic (exact) mass is 369 g/mol. The summed E-state index contributed by atoms with van der Waals surface area (Å²) >= 11 is 0. The molecule has 2 aromatic rings. The third kappa shape index (κ3) is 2.94. The van der Waals surface area contributed by atoms with Gasteiger partial charge in [0.2, 0.25) is 5.91 Å². The van der Waals surface area contributed by atoms with Crippen molar-refractivity contribution in [3.05, 3.63) is 36.2 Å². The highest BCUT2D eigenvalue weighted by Gasteiger charge is 2.46. The van der Waals surface area contributed by atoms with Gasteiger partial charge in [0.15, 0.2) is 11.2 Å². The first-order chi connectivity index (χ1) is 13.0. The van der Waals surface area contributed by atoms with Crippen LogP contribution in [0, 0.1) is 5.41 Å². The maximum Gasteiger partial charge on any atom is 0.319 e. The van der Waals surface area contributed by atoms with Crippen LogP contribution in [0.1, 0.15) is 37.4 Å². The molecule has 0 radical (unpaired) electrons. The molecule has 1 fully saturated rings. The number of aromatic nitrogens is 4. The molecule has 140 valence electrons. The van der Waals surface area contributed by atoms with E-state index in [9.17, 15) is 14.7 Å². The molecular weight excluding hydrogens is 350 g/mol. The Morgan fingerprint density at radius 1 is 1.30 bits per heavy atom. The lowest BCUT2D eigenvalue weighted by molar-refractivity contribution is -0.153. The third-order valence-electron chi connectivity index (χ3n) is 5.04. The fraction of sp³-hybridized carbons (Fsp3) is 0.389. The van der Waals surface area contributed by atoms with Gasteiger partial charge in [-0.1, -0.05) is 12.2 Å². The van der Waals surface area contributed by atoms with Crippen LogP contribution >= 0.6 is 0 Å². The zero-order valence-electron chi connectivity index (χ0n) is 14.8. The average Bonchev–Trinajstić information content (AvgIpc) is 3.19. The summed E-state index contributed by atoms with van der Waals surface area (Å²) in [6.45, 7) is 0. The second-order valence-electron chi connectivity index (χ2n) is 6.83. The lowest BCUT2D eigenvalue weighted by Gasteiger charge is -2.23. The third-order valence-corrected chi connectivity index (χ3v) is 5.04. The van der Waals surface area contributed by atoms with Gasteiger partial charge in [-0.3, -0.25) is 9.59 Å². The number of amides is 1. The van der Waals surface area contributed by atoms with Crippen molar-refractivity contribution in [2.75, 3.05) is 12.4 Å². The van der Waals surface area contributed by atoms with E-state index in [2.05, 4.69) is 20.8 Å². The molecule has 1 amide bonds. The van der Waals surface area contributed by atoms with E-state index in [0.717, 1.165) is 18.7 Å². The topological polar surface area (TPSA) is 119 Å². The summed E-state index contributed by atoms with van der Waals surface area (Å²) in [7, 11) is 1.54. The number of aliphatic carboxylic acids is 1. The Bertz CT molecular complexity index is 924. The molecule has 0 saturated heterocycles. The van der Waals surface area contributed by atoms with Gasteiger partial charge in [-0.05, 0) is 54.3 Å². The van der Waals surface area contributed by atoms with Gasteiger partial charge in [-0.2, -0.15) is 4.68 Å². The summed E-state index contributed by atoms with van der Waals surface area (Å²) in [4.78, 5) is 24.4. The minimum absolute atomic E-state index is 0.177. The van der Waals surface area contributed by atoms with Crippen LogP contribution < -0.4 is 10.1 Å². The van der Waals surface area contributed by atoms with E-state index in [1.54, 1.807) is 42.1 Å². The number of carbonyl (C=O) groups is 2. The van der Waals surface area contributed by atoms with Gasteiger partial charge in [0.25, 0.3) is 0 Å². The second kappa shape index (κ2) is 6.49. The largest absolute Gasteiger partial charge is 0.494 e. The van der Waals surface area contributed by atoms with Crippen LogP contribution in [-0.4, -0.2) is 44.3 Å². The molecule has 27 heavy (non-hydrogen) atoms. The molecule has 1 saturated carbocycles. The van der Waals surface area contributed by atoms with Gasteiger partial charge in [-0.25, -0.2) is 0 Å². The predicted octanol–water partition coefficient (Wildman–Crippen LogP) is 1.91. The first-order valence-corrected chi connectivity index (χ1v) is 8.72. The van der Waals surface area contributed by atoms with Crippen LogP contribution in [0.2, 0.25) is 0 Å². The molecule has 0 atom stereocenters. The van der Waals surface area contributed by atoms with Gasteiger partial charge in [-0.15, -0.1) is 5.10 Å². The smallest absolute Gasteiger partial charge is 0.319 e. The maximum atomic E-state index is 12.7. The van der Waals surface area contributed by atoms with E-state index in [-0.39, 0.29) is 12.8 Å². The summed E-state index contributed by atoms with van der Waals surface area (Å²) in [5.74, 6) is -0.0512. The number of carboxylic acids is 1. The highest BCUT2D eigenvalue weighted by molar-refractivity contribution is 6.09. The Labute approximate surface area is 155 Å². The molecule has 2 N–H and O–H groups in total. The number of nitrogens with one attached hydrogen (secondary N) is 1. The van der Waals surface area contributed by atoms with Crippen LogP contribution in [0.25, 0.3) is 5.69 Å². The molecule has 2 aliphatic rings. The molecule has 1 aromatic carbocycles. The minimum atomic E-state index is -1.46. The number of allylic oxidation sites excluding steroid dienone is 2. The number of nitrogens with zero attached hydrogens (tertiary/aromatic N) is 4. The number of benzene rings is 1. The zero-order valence-corrected chi connectivity index (χ0v) is 14.8. The summed E-state index contributed by atoms with van der Waals surface area (Å²) in [5.41, 5.74) is -0.412. The number of hydrogen-bond donors (Lipinski definition) is 2. The first-order valence-electron chi connectivity index (χ1n) is 8.72. The number of carboxylic acid groups (broad SMARTS) is 1. The molecule has 1 heterocycles. The standard InChI is InChI=1S/C18H19N5O4/c1-27-14-7-6-12(19-16(24)18(17(25)26)8-2-3-9-18)10-13(14)23-15(11-4-5-11)20-21-22-23/h2-3,6-7,10-11H,4-5,8-9H2,1H3,(H,19,24)(H,25,26). The SMILES string of the molecule is COc1ccc(NC(=O)C2(C(=O)O)CC=CC2)cc1-n1nnnc1C1CC1. The summed E-state index contributed by atoms with van der Waals surface area (Å²) in [6.07, 6.45) is 5.86. The van der Waals surface area contributed by atoms with Crippen molar-refractivity contribution in [2.45, 2.75) is 31.6 Å².